The normalized spacial score (nSPS) is 13.5. The third kappa shape index (κ3) is 3.93. The lowest BCUT2D eigenvalue weighted by atomic mass is 9.96. The number of rotatable bonds is 7. The summed E-state index contributed by atoms with van der Waals surface area (Å²) >= 11 is 0. The molecular formula is C17H23N3O4. The van der Waals surface area contributed by atoms with E-state index in [0.29, 0.717) is 24.5 Å². The fraction of sp³-hybridized carbons (Fsp3) is 0.412. The molecule has 0 bridgehead atoms. The first-order valence-corrected chi connectivity index (χ1v) is 7.70. The van der Waals surface area contributed by atoms with Gasteiger partial charge in [0.05, 0.1) is 4.92 Å². The molecule has 3 N–H and O–H groups in total. The average molecular weight is 333 g/mol. The highest BCUT2D eigenvalue weighted by atomic mass is 16.6. The minimum Gasteiger partial charge on any atom is -0.466 e. The van der Waals surface area contributed by atoms with Gasteiger partial charge in [-0.2, -0.15) is 0 Å². The van der Waals surface area contributed by atoms with Crippen LogP contribution in [0.25, 0.3) is 0 Å². The largest absolute Gasteiger partial charge is 0.466 e. The maximum Gasteiger partial charge on any atom is 0.292 e. The summed E-state index contributed by atoms with van der Waals surface area (Å²) in [5, 5.41) is 27.7. The Hall–Kier alpha value is -2.38. The summed E-state index contributed by atoms with van der Waals surface area (Å²) in [7, 11) is 1.65. The molecule has 0 radical (unpaired) electrons. The summed E-state index contributed by atoms with van der Waals surface area (Å²) in [4.78, 5) is 10.7. The number of nitro groups is 1. The minimum atomic E-state index is -1.08. The number of furan rings is 1. The van der Waals surface area contributed by atoms with Crippen LogP contribution >= 0.6 is 0 Å². The number of nitro benzene ring substituents is 1. The Morgan fingerprint density at radius 2 is 2.04 bits per heavy atom. The van der Waals surface area contributed by atoms with Gasteiger partial charge in [-0.25, -0.2) is 0 Å². The van der Waals surface area contributed by atoms with E-state index in [1.807, 2.05) is 26.0 Å². The first-order chi connectivity index (χ1) is 11.2. The maximum atomic E-state index is 11.1. The highest BCUT2D eigenvalue weighted by Gasteiger charge is 2.27. The van der Waals surface area contributed by atoms with E-state index in [4.69, 9.17) is 4.42 Å². The second kappa shape index (κ2) is 7.02. The van der Waals surface area contributed by atoms with Crippen molar-refractivity contribution in [2.75, 3.05) is 18.9 Å². The molecule has 2 aromatic rings. The Balaban J connectivity index is 2.05. The Kier molecular flexibility index (Phi) is 5.26. The molecule has 0 saturated heterocycles. The van der Waals surface area contributed by atoms with Crippen LogP contribution < -0.4 is 10.6 Å². The van der Waals surface area contributed by atoms with Gasteiger partial charge in [-0.05, 0) is 38.5 Å². The molecule has 2 rings (SSSR count). The van der Waals surface area contributed by atoms with E-state index < -0.39 is 10.5 Å². The third-order valence-corrected chi connectivity index (χ3v) is 3.95. The van der Waals surface area contributed by atoms with Crippen LogP contribution in [0.15, 0.2) is 28.7 Å². The average Bonchev–Trinajstić information content (AvgIpc) is 2.86. The molecule has 24 heavy (non-hydrogen) atoms. The number of anilines is 1. The van der Waals surface area contributed by atoms with Crippen molar-refractivity contribution < 1.29 is 14.4 Å². The summed E-state index contributed by atoms with van der Waals surface area (Å²) in [6.07, 6.45) is 0. The zero-order valence-electron chi connectivity index (χ0n) is 14.3. The first kappa shape index (κ1) is 18.0. The molecule has 7 nitrogen and oxygen atoms in total. The van der Waals surface area contributed by atoms with E-state index >= 15 is 0 Å². The van der Waals surface area contributed by atoms with E-state index in [1.165, 1.54) is 6.07 Å². The lowest BCUT2D eigenvalue weighted by molar-refractivity contribution is -0.384. The molecule has 0 aliphatic rings. The van der Waals surface area contributed by atoms with Crippen molar-refractivity contribution in [1.82, 2.24) is 5.32 Å². The molecule has 1 atom stereocenters. The van der Waals surface area contributed by atoms with Gasteiger partial charge in [0.25, 0.3) is 5.69 Å². The Morgan fingerprint density at radius 3 is 2.58 bits per heavy atom. The molecular weight excluding hydrogens is 310 g/mol. The number of aryl methyl sites for hydroxylation is 2. The van der Waals surface area contributed by atoms with Gasteiger partial charge in [0.15, 0.2) is 0 Å². The van der Waals surface area contributed by atoms with Gasteiger partial charge in [0, 0.05) is 31.8 Å². The topological polar surface area (TPSA) is 101 Å². The quantitative estimate of drug-likeness (QED) is 0.532. The molecule has 130 valence electrons. The second-order valence-electron chi connectivity index (χ2n) is 6.06. The standard InChI is InChI=1S/C17H23N3O4/c1-11-7-14(12(2)24-11)17(3,21)10-19-9-13-5-6-15(18-4)16(8-13)20(22)23/h5-8,18-19,21H,9-10H2,1-4H3. The summed E-state index contributed by atoms with van der Waals surface area (Å²) in [5.74, 6) is 1.44. The van der Waals surface area contributed by atoms with Crippen LogP contribution in [0.4, 0.5) is 11.4 Å². The number of hydrogen-bond donors (Lipinski definition) is 3. The van der Waals surface area contributed by atoms with Crippen LogP contribution in [0.1, 0.15) is 29.6 Å². The molecule has 1 aromatic heterocycles. The van der Waals surface area contributed by atoms with E-state index in [9.17, 15) is 15.2 Å². The van der Waals surface area contributed by atoms with Crippen LogP contribution in [0.5, 0.6) is 0 Å². The number of benzene rings is 1. The van der Waals surface area contributed by atoms with E-state index in [-0.39, 0.29) is 5.69 Å². The van der Waals surface area contributed by atoms with Crippen molar-refractivity contribution in [2.45, 2.75) is 32.9 Å². The third-order valence-electron chi connectivity index (χ3n) is 3.95. The lowest BCUT2D eigenvalue weighted by Gasteiger charge is -2.23. The molecule has 1 heterocycles. The monoisotopic (exact) mass is 333 g/mol. The van der Waals surface area contributed by atoms with Gasteiger partial charge < -0.3 is 20.2 Å². The summed E-state index contributed by atoms with van der Waals surface area (Å²) < 4.78 is 5.46. The zero-order chi connectivity index (χ0) is 17.9. The van der Waals surface area contributed by atoms with Gasteiger partial charge in [0.1, 0.15) is 22.8 Å². The SMILES string of the molecule is CNc1ccc(CNCC(C)(O)c2cc(C)oc2C)cc1[N+](=O)[O-]. The second-order valence-corrected chi connectivity index (χ2v) is 6.06. The summed E-state index contributed by atoms with van der Waals surface area (Å²) in [6, 6.07) is 6.84. The molecule has 7 heteroatoms. The highest BCUT2D eigenvalue weighted by molar-refractivity contribution is 5.62. The lowest BCUT2D eigenvalue weighted by Crippen LogP contribution is -2.35. The van der Waals surface area contributed by atoms with Gasteiger partial charge >= 0.3 is 0 Å². The zero-order valence-corrected chi connectivity index (χ0v) is 14.3. The van der Waals surface area contributed by atoms with Crippen LogP contribution in [-0.4, -0.2) is 23.6 Å². The smallest absolute Gasteiger partial charge is 0.292 e. The molecule has 0 spiro atoms. The Bertz CT molecular complexity index is 737. The highest BCUT2D eigenvalue weighted by Crippen LogP contribution is 2.27. The molecule has 0 saturated carbocycles. The van der Waals surface area contributed by atoms with Gasteiger partial charge in [0.2, 0.25) is 0 Å². The predicted molar refractivity (Wildman–Crippen MR) is 92.1 cm³/mol. The van der Waals surface area contributed by atoms with Crippen molar-refractivity contribution in [3.63, 3.8) is 0 Å². The van der Waals surface area contributed by atoms with Crippen LogP contribution in [0, 0.1) is 24.0 Å². The molecule has 1 aromatic carbocycles. The van der Waals surface area contributed by atoms with Gasteiger partial charge in [-0.3, -0.25) is 10.1 Å². The van der Waals surface area contributed by atoms with Crippen LogP contribution in [0.3, 0.4) is 0 Å². The van der Waals surface area contributed by atoms with E-state index in [1.54, 1.807) is 20.0 Å². The predicted octanol–water partition coefficient (Wildman–Crippen LogP) is 2.84. The van der Waals surface area contributed by atoms with Crippen molar-refractivity contribution >= 4 is 11.4 Å². The van der Waals surface area contributed by atoms with Gasteiger partial charge in [-0.15, -0.1) is 0 Å². The summed E-state index contributed by atoms with van der Waals surface area (Å²) in [5.41, 5.74) is 0.935. The maximum absolute atomic E-state index is 11.1. The molecule has 0 fully saturated rings. The van der Waals surface area contributed by atoms with Gasteiger partial charge in [-0.1, -0.05) is 6.07 Å². The summed E-state index contributed by atoms with van der Waals surface area (Å²) in [6.45, 7) is 6.08. The molecule has 1 unspecified atom stereocenters. The number of aliphatic hydroxyl groups is 1. The van der Waals surface area contributed by atoms with Crippen LogP contribution in [0.2, 0.25) is 0 Å². The molecule has 0 aliphatic heterocycles. The van der Waals surface area contributed by atoms with Crippen molar-refractivity contribution in [3.8, 4) is 0 Å². The number of nitrogens with zero attached hydrogens (tertiary/aromatic N) is 1. The van der Waals surface area contributed by atoms with Crippen molar-refractivity contribution in [2.24, 2.45) is 0 Å². The fourth-order valence-corrected chi connectivity index (χ4v) is 2.76. The van der Waals surface area contributed by atoms with Crippen LogP contribution in [-0.2, 0) is 12.1 Å². The van der Waals surface area contributed by atoms with Crippen molar-refractivity contribution in [1.29, 1.82) is 0 Å². The van der Waals surface area contributed by atoms with E-state index in [2.05, 4.69) is 10.6 Å². The Morgan fingerprint density at radius 1 is 1.33 bits per heavy atom. The molecule has 0 amide bonds. The first-order valence-electron chi connectivity index (χ1n) is 7.70. The number of hydrogen-bond acceptors (Lipinski definition) is 6. The number of nitrogens with one attached hydrogen (secondary N) is 2. The minimum absolute atomic E-state index is 0.0323. The fourth-order valence-electron chi connectivity index (χ4n) is 2.76. The van der Waals surface area contributed by atoms with E-state index in [0.717, 1.165) is 16.9 Å². The Labute approximate surface area is 140 Å². The molecule has 0 aliphatic carbocycles. The van der Waals surface area contributed by atoms with Crippen molar-refractivity contribution in [3.05, 3.63) is 57.0 Å².